The Morgan fingerprint density at radius 1 is 1.29 bits per heavy atom. The van der Waals surface area contributed by atoms with Crippen molar-refractivity contribution in [2.45, 2.75) is 26.3 Å². The van der Waals surface area contributed by atoms with Crippen LogP contribution < -0.4 is 10.0 Å². The summed E-state index contributed by atoms with van der Waals surface area (Å²) in [6, 6.07) is 13.9. The third kappa shape index (κ3) is 3.22. The van der Waals surface area contributed by atoms with Crippen LogP contribution in [0.25, 0.3) is 0 Å². The van der Waals surface area contributed by atoms with Crippen molar-refractivity contribution in [3.05, 3.63) is 59.2 Å². The van der Waals surface area contributed by atoms with Crippen LogP contribution in [0.15, 0.2) is 42.5 Å². The van der Waals surface area contributed by atoms with E-state index in [0.717, 1.165) is 23.4 Å². The van der Waals surface area contributed by atoms with Crippen molar-refractivity contribution >= 4 is 29.3 Å². The summed E-state index contributed by atoms with van der Waals surface area (Å²) in [7, 11) is 0. The van der Waals surface area contributed by atoms with Crippen LogP contribution in [0.5, 0.6) is 0 Å². The van der Waals surface area contributed by atoms with Gasteiger partial charge in [-0.2, -0.15) is 0 Å². The first-order chi connectivity index (χ1) is 11.4. The van der Waals surface area contributed by atoms with E-state index < -0.39 is 5.97 Å². The van der Waals surface area contributed by atoms with Gasteiger partial charge < -0.3 is 15.1 Å². The number of carbonyl (C=O) groups is 1. The predicted molar refractivity (Wildman–Crippen MR) is 101 cm³/mol. The number of carboxylic acid groups (broad SMARTS) is 1. The molecular formula is C19H22N2O2S. The monoisotopic (exact) mass is 342 g/mol. The fraction of sp³-hybridized carbons (Fsp3) is 0.316. The average molecular weight is 342 g/mol. The maximum absolute atomic E-state index is 11.2. The molecule has 126 valence electrons. The summed E-state index contributed by atoms with van der Waals surface area (Å²) in [5.74, 6) is -0.881. The second-order valence-electron chi connectivity index (χ2n) is 6.85. The molecule has 4 nitrogen and oxygen atoms in total. The standard InChI is InChI=1S/C19H22N2O2S/c1-19(2)11-14-9-13(18(22)23)7-8-16(14)20-17(19)12-5-4-6-15(10-12)21-24-3/h4-10,17,20-21H,11H2,1-3H3,(H,22,23). The Morgan fingerprint density at radius 3 is 2.79 bits per heavy atom. The molecule has 5 heteroatoms. The van der Waals surface area contributed by atoms with Crippen LogP contribution in [0, 0.1) is 5.41 Å². The number of hydrogen-bond acceptors (Lipinski definition) is 4. The maximum Gasteiger partial charge on any atom is 0.335 e. The highest BCUT2D eigenvalue weighted by atomic mass is 32.2. The maximum atomic E-state index is 11.2. The van der Waals surface area contributed by atoms with Crippen molar-refractivity contribution in [3.8, 4) is 0 Å². The van der Waals surface area contributed by atoms with Gasteiger partial charge in [0.05, 0.1) is 11.6 Å². The van der Waals surface area contributed by atoms with Crippen LogP contribution in [-0.4, -0.2) is 17.3 Å². The van der Waals surface area contributed by atoms with Crippen LogP contribution in [0.4, 0.5) is 11.4 Å². The van der Waals surface area contributed by atoms with Gasteiger partial charge in [0, 0.05) is 17.6 Å². The molecule has 1 unspecified atom stereocenters. The number of rotatable bonds is 4. The summed E-state index contributed by atoms with van der Waals surface area (Å²) in [5.41, 5.74) is 4.72. The molecule has 0 saturated carbocycles. The molecule has 2 aromatic rings. The van der Waals surface area contributed by atoms with Gasteiger partial charge in [0.25, 0.3) is 0 Å². The number of fused-ring (bicyclic) bond motifs is 1. The van der Waals surface area contributed by atoms with Crippen LogP contribution in [0.3, 0.4) is 0 Å². The zero-order valence-electron chi connectivity index (χ0n) is 14.1. The van der Waals surface area contributed by atoms with E-state index >= 15 is 0 Å². The van der Waals surface area contributed by atoms with E-state index in [2.05, 4.69) is 48.2 Å². The van der Waals surface area contributed by atoms with Crippen LogP contribution in [0.2, 0.25) is 0 Å². The molecule has 3 N–H and O–H groups in total. The second-order valence-corrected chi connectivity index (χ2v) is 7.46. The highest BCUT2D eigenvalue weighted by Gasteiger charge is 2.36. The van der Waals surface area contributed by atoms with Gasteiger partial charge in [0.1, 0.15) is 0 Å². The highest BCUT2D eigenvalue weighted by Crippen LogP contribution is 2.45. The molecule has 0 aromatic heterocycles. The SMILES string of the molecule is CSNc1cccc(C2Nc3ccc(C(=O)O)cc3CC2(C)C)c1. The van der Waals surface area contributed by atoms with Gasteiger partial charge in [-0.3, -0.25) is 0 Å². The van der Waals surface area contributed by atoms with Crippen molar-refractivity contribution in [1.82, 2.24) is 0 Å². The van der Waals surface area contributed by atoms with Crippen molar-refractivity contribution in [1.29, 1.82) is 0 Å². The number of nitrogens with one attached hydrogen (secondary N) is 2. The molecule has 0 spiro atoms. The van der Waals surface area contributed by atoms with Crippen molar-refractivity contribution in [2.75, 3.05) is 16.3 Å². The Labute approximate surface area is 146 Å². The molecular weight excluding hydrogens is 320 g/mol. The number of anilines is 2. The summed E-state index contributed by atoms with van der Waals surface area (Å²) >= 11 is 1.58. The van der Waals surface area contributed by atoms with Gasteiger partial charge in [0.15, 0.2) is 0 Å². The normalized spacial score (nSPS) is 18.4. The Kier molecular flexibility index (Phi) is 4.45. The highest BCUT2D eigenvalue weighted by molar-refractivity contribution is 7.99. The lowest BCUT2D eigenvalue weighted by Gasteiger charge is -2.41. The van der Waals surface area contributed by atoms with E-state index in [0.29, 0.717) is 5.56 Å². The van der Waals surface area contributed by atoms with Gasteiger partial charge in [-0.25, -0.2) is 4.79 Å². The third-order valence-corrected chi connectivity index (χ3v) is 4.96. The van der Waals surface area contributed by atoms with E-state index in [1.165, 1.54) is 5.56 Å². The molecule has 1 atom stereocenters. The molecule has 0 saturated heterocycles. The Hall–Kier alpha value is -2.14. The van der Waals surface area contributed by atoms with E-state index in [-0.39, 0.29) is 11.5 Å². The topological polar surface area (TPSA) is 61.4 Å². The smallest absolute Gasteiger partial charge is 0.335 e. The second kappa shape index (κ2) is 6.40. The van der Waals surface area contributed by atoms with Gasteiger partial charge in [0.2, 0.25) is 0 Å². The summed E-state index contributed by atoms with van der Waals surface area (Å²) in [4.78, 5) is 11.2. The predicted octanol–water partition coefficient (Wildman–Crippen LogP) is 4.81. The number of benzene rings is 2. The fourth-order valence-electron chi connectivity index (χ4n) is 3.39. The number of hydrogen-bond donors (Lipinski definition) is 3. The molecule has 1 aliphatic rings. The first kappa shape index (κ1) is 16.7. The summed E-state index contributed by atoms with van der Waals surface area (Å²) < 4.78 is 3.28. The zero-order chi connectivity index (χ0) is 17.3. The first-order valence-electron chi connectivity index (χ1n) is 7.92. The van der Waals surface area contributed by atoms with E-state index in [1.807, 2.05) is 12.3 Å². The van der Waals surface area contributed by atoms with Crippen molar-refractivity contribution < 1.29 is 9.90 Å². The van der Waals surface area contributed by atoms with Gasteiger partial charge in [-0.1, -0.05) is 37.9 Å². The molecule has 0 radical (unpaired) electrons. The molecule has 0 aliphatic carbocycles. The lowest BCUT2D eigenvalue weighted by Crippen LogP contribution is -2.35. The Balaban J connectivity index is 1.96. The minimum absolute atomic E-state index is 0.0257. The van der Waals surface area contributed by atoms with Crippen molar-refractivity contribution in [3.63, 3.8) is 0 Å². The molecule has 2 aromatic carbocycles. The quantitative estimate of drug-likeness (QED) is 0.696. The largest absolute Gasteiger partial charge is 0.478 e. The van der Waals surface area contributed by atoms with Gasteiger partial charge in [-0.15, -0.1) is 0 Å². The summed E-state index contributed by atoms with van der Waals surface area (Å²) in [6.07, 6.45) is 2.84. The Morgan fingerprint density at radius 2 is 2.08 bits per heavy atom. The zero-order valence-corrected chi connectivity index (χ0v) is 14.9. The third-order valence-electron chi connectivity index (χ3n) is 4.52. The fourth-order valence-corrected chi connectivity index (χ4v) is 3.75. The summed E-state index contributed by atoms with van der Waals surface area (Å²) in [6.45, 7) is 4.44. The number of aromatic carboxylic acids is 1. The molecule has 1 heterocycles. The van der Waals surface area contributed by atoms with E-state index in [1.54, 1.807) is 24.1 Å². The molecule has 0 amide bonds. The number of carboxylic acids is 1. The van der Waals surface area contributed by atoms with Crippen LogP contribution >= 0.6 is 11.9 Å². The lowest BCUT2D eigenvalue weighted by atomic mass is 9.72. The molecule has 24 heavy (non-hydrogen) atoms. The van der Waals surface area contributed by atoms with Crippen molar-refractivity contribution in [2.24, 2.45) is 5.41 Å². The minimum Gasteiger partial charge on any atom is -0.478 e. The molecule has 1 aliphatic heterocycles. The van der Waals surface area contributed by atoms with Crippen LogP contribution in [0.1, 0.15) is 41.4 Å². The summed E-state index contributed by atoms with van der Waals surface area (Å²) in [5, 5.41) is 12.8. The van der Waals surface area contributed by atoms with Gasteiger partial charge >= 0.3 is 5.97 Å². The van der Waals surface area contributed by atoms with Crippen LogP contribution in [-0.2, 0) is 6.42 Å². The average Bonchev–Trinajstić information content (AvgIpc) is 2.53. The Bertz CT molecular complexity index is 774. The minimum atomic E-state index is -0.881. The van der Waals surface area contributed by atoms with E-state index in [4.69, 9.17) is 0 Å². The molecule has 0 fully saturated rings. The molecule has 3 rings (SSSR count). The lowest BCUT2D eigenvalue weighted by molar-refractivity contribution is 0.0696. The van der Waals surface area contributed by atoms with E-state index in [9.17, 15) is 9.90 Å². The molecule has 0 bridgehead atoms. The first-order valence-corrected chi connectivity index (χ1v) is 9.15. The van der Waals surface area contributed by atoms with Gasteiger partial charge in [-0.05, 0) is 53.3 Å².